The Balaban J connectivity index is 1.48. The van der Waals surface area contributed by atoms with Crippen molar-refractivity contribution in [1.29, 1.82) is 0 Å². The first-order valence-corrected chi connectivity index (χ1v) is 9.83. The fraction of sp³-hybridized carbons (Fsp3) is 0.412. The topological polar surface area (TPSA) is 81.2 Å². The summed E-state index contributed by atoms with van der Waals surface area (Å²) in [7, 11) is -3.37. The van der Waals surface area contributed by atoms with Gasteiger partial charge in [-0.15, -0.1) is 0 Å². The van der Waals surface area contributed by atoms with Crippen molar-refractivity contribution in [2.75, 3.05) is 0 Å². The highest BCUT2D eigenvalue weighted by Gasteiger charge is 2.26. The minimum atomic E-state index is -3.37. The maximum absolute atomic E-state index is 12.8. The first-order valence-electron chi connectivity index (χ1n) is 8.18. The SMILES string of the molecule is O=S(=O)(Cc1ccccc1)NC1CCC(Oc2ncc(F)cn2)CC1. The van der Waals surface area contributed by atoms with Crippen LogP contribution in [0.5, 0.6) is 6.01 Å². The summed E-state index contributed by atoms with van der Waals surface area (Å²) in [6.45, 7) is 0. The van der Waals surface area contributed by atoms with Crippen molar-refractivity contribution < 1.29 is 17.5 Å². The van der Waals surface area contributed by atoms with Crippen LogP contribution in [-0.2, 0) is 15.8 Å². The second kappa shape index (κ2) is 7.88. The largest absolute Gasteiger partial charge is 0.460 e. The molecule has 1 aliphatic rings. The molecule has 0 spiro atoms. The highest BCUT2D eigenvalue weighted by atomic mass is 32.2. The van der Waals surface area contributed by atoms with Crippen LogP contribution in [0, 0.1) is 5.82 Å². The van der Waals surface area contributed by atoms with Gasteiger partial charge in [0.05, 0.1) is 18.1 Å². The molecule has 0 bridgehead atoms. The summed E-state index contributed by atoms with van der Waals surface area (Å²) in [5.74, 6) is -0.530. The van der Waals surface area contributed by atoms with Gasteiger partial charge in [-0.05, 0) is 31.2 Å². The lowest BCUT2D eigenvalue weighted by Crippen LogP contribution is -2.40. The van der Waals surface area contributed by atoms with Crippen LogP contribution < -0.4 is 9.46 Å². The van der Waals surface area contributed by atoms with E-state index in [1.54, 1.807) is 12.1 Å². The van der Waals surface area contributed by atoms with Gasteiger partial charge in [-0.2, -0.15) is 0 Å². The van der Waals surface area contributed by atoms with Crippen LogP contribution in [0.1, 0.15) is 31.2 Å². The van der Waals surface area contributed by atoms with Crippen LogP contribution in [0.2, 0.25) is 0 Å². The molecule has 6 nitrogen and oxygen atoms in total. The van der Waals surface area contributed by atoms with Gasteiger partial charge in [0.2, 0.25) is 10.0 Å². The van der Waals surface area contributed by atoms with E-state index in [0.717, 1.165) is 18.0 Å². The van der Waals surface area contributed by atoms with Crippen molar-refractivity contribution in [2.24, 2.45) is 0 Å². The lowest BCUT2D eigenvalue weighted by atomic mass is 9.94. The lowest BCUT2D eigenvalue weighted by Gasteiger charge is -2.28. The Labute approximate surface area is 146 Å². The van der Waals surface area contributed by atoms with Gasteiger partial charge >= 0.3 is 6.01 Å². The zero-order chi connectivity index (χ0) is 17.7. The van der Waals surface area contributed by atoms with Gasteiger partial charge in [0, 0.05) is 6.04 Å². The number of sulfonamides is 1. The van der Waals surface area contributed by atoms with Crippen LogP contribution in [0.15, 0.2) is 42.7 Å². The molecule has 1 fully saturated rings. The van der Waals surface area contributed by atoms with Crippen LogP contribution >= 0.6 is 0 Å². The third-order valence-corrected chi connectivity index (χ3v) is 5.49. The maximum Gasteiger partial charge on any atom is 0.316 e. The van der Waals surface area contributed by atoms with E-state index in [2.05, 4.69) is 14.7 Å². The minimum absolute atomic E-state index is 0.0202. The smallest absolute Gasteiger partial charge is 0.316 e. The molecule has 0 atom stereocenters. The normalized spacial score (nSPS) is 21.0. The molecule has 1 aromatic carbocycles. The van der Waals surface area contributed by atoms with E-state index in [0.29, 0.717) is 25.7 Å². The first kappa shape index (κ1) is 17.8. The molecule has 1 N–H and O–H groups in total. The third kappa shape index (κ3) is 5.47. The molecule has 1 aliphatic carbocycles. The van der Waals surface area contributed by atoms with Gasteiger partial charge in [0.15, 0.2) is 5.82 Å². The third-order valence-electron chi connectivity index (χ3n) is 4.09. The average Bonchev–Trinajstić information content (AvgIpc) is 2.59. The molecule has 2 aromatic rings. The molecule has 0 radical (unpaired) electrons. The summed E-state index contributed by atoms with van der Waals surface area (Å²) in [5, 5.41) is 0. The molecule has 8 heteroatoms. The first-order chi connectivity index (χ1) is 12.0. The Hall–Kier alpha value is -2.06. The highest BCUT2D eigenvalue weighted by molar-refractivity contribution is 7.88. The summed E-state index contributed by atoms with van der Waals surface area (Å²) >= 11 is 0. The number of hydrogen-bond donors (Lipinski definition) is 1. The van der Waals surface area contributed by atoms with Gasteiger partial charge in [0.1, 0.15) is 6.10 Å². The maximum atomic E-state index is 12.8. The quantitative estimate of drug-likeness (QED) is 0.850. The number of halogens is 1. The molecule has 0 unspecified atom stereocenters. The molecule has 0 aliphatic heterocycles. The average molecular weight is 365 g/mol. The molecule has 0 saturated heterocycles. The van der Waals surface area contributed by atoms with Crippen LogP contribution in [0.3, 0.4) is 0 Å². The molecule has 1 aromatic heterocycles. The Kier molecular flexibility index (Phi) is 5.60. The molecular formula is C17H20FN3O3S. The van der Waals surface area contributed by atoms with E-state index in [-0.39, 0.29) is 23.9 Å². The van der Waals surface area contributed by atoms with E-state index < -0.39 is 15.8 Å². The zero-order valence-corrected chi connectivity index (χ0v) is 14.5. The second-order valence-electron chi connectivity index (χ2n) is 6.14. The molecule has 0 amide bonds. The van der Waals surface area contributed by atoms with Crippen molar-refractivity contribution in [3.63, 3.8) is 0 Å². The number of hydrogen-bond acceptors (Lipinski definition) is 5. The van der Waals surface area contributed by atoms with Crippen molar-refractivity contribution in [3.05, 3.63) is 54.1 Å². The summed E-state index contributed by atoms with van der Waals surface area (Å²) in [6.07, 6.45) is 4.79. The highest BCUT2D eigenvalue weighted by Crippen LogP contribution is 2.23. The Morgan fingerprint density at radius 2 is 1.72 bits per heavy atom. The van der Waals surface area contributed by atoms with E-state index in [9.17, 15) is 12.8 Å². The lowest BCUT2D eigenvalue weighted by molar-refractivity contribution is 0.132. The molecule has 1 saturated carbocycles. The molecule has 134 valence electrons. The zero-order valence-electron chi connectivity index (χ0n) is 13.6. The van der Waals surface area contributed by atoms with E-state index >= 15 is 0 Å². The number of benzene rings is 1. The van der Waals surface area contributed by atoms with Crippen molar-refractivity contribution in [3.8, 4) is 6.01 Å². The predicted molar refractivity (Wildman–Crippen MR) is 90.9 cm³/mol. The number of nitrogens with one attached hydrogen (secondary N) is 1. The Bertz CT molecular complexity index is 777. The van der Waals surface area contributed by atoms with Crippen molar-refractivity contribution in [2.45, 2.75) is 43.6 Å². The minimum Gasteiger partial charge on any atom is -0.460 e. The standard InChI is InChI=1S/C17H20FN3O3S/c18-14-10-19-17(20-11-14)24-16-8-6-15(7-9-16)21-25(22,23)12-13-4-2-1-3-5-13/h1-5,10-11,15-16,21H,6-9,12H2. The second-order valence-corrected chi connectivity index (χ2v) is 7.89. The van der Waals surface area contributed by atoms with Crippen molar-refractivity contribution in [1.82, 2.24) is 14.7 Å². The summed E-state index contributed by atoms with van der Waals surface area (Å²) < 4.78 is 45.7. The Morgan fingerprint density at radius 3 is 2.36 bits per heavy atom. The van der Waals surface area contributed by atoms with Crippen LogP contribution in [0.4, 0.5) is 4.39 Å². The number of aromatic nitrogens is 2. The van der Waals surface area contributed by atoms with Gasteiger partial charge in [0.25, 0.3) is 0 Å². The van der Waals surface area contributed by atoms with E-state index in [1.165, 1.54) is 0 Å². The van der Waals surface area contributed by atoms with Gasteiger partial charge in [-0.3, -0.25) is 0 Å². The van der Waals surface area contributed by atoms with Crippen molar-refractivity contribution >= 4 is 10.0 Å². The van der Waals surface area contributed by atoms with Gasteiger partial charge in [-0.25, -0.2) is 27.5 Å². The van der Waals surface area contributed by atoms with Gasteiger partial charge < -0.3 is 4.74 Å². The number of ether oxygens (including phenoxy) is 1. The van der Waals surface area contributed by atoms with E-state index in [1.807, 2.05) is 18.2 Å². The van der Waals surface area contributed by atoms with Crippen LogP contribution in [0.25, 0.3) is 0 Å². The fourth-order valence-corrected chi connectivity index (χ4v) is 4.36. The number of rotatable bonds is 6. The van der Waals surface area contributed by atoms with E-state index in [4.69, 9.17) is 4.74 Å². The number of nitrogens with zero attached hydrogens (tertiary/aromatic N) is 2. The summed E-state index contributed by atoms with van der Waals surface area (Å²) in [6, 6.07) is 9.15. The van der Waals surface area contributed by atoms with Gasteiger partial charge in [-0.1, -0.05) is 30.3 Å². The molecule has 25 heavy (non-hydrogen) atoms. The Morgan fingerprint density at radius 1 is 1.08 bits per heavy atom. The molecular weight excluding hydrogens is 345 g/mol. The summed E-state index contributed by atoms with van der Waals surface area (Å²) in [4.78, 5) is 7.56. The monoisotopic (exact) mass is 365 g/mol. The molecule has 3 rings (SSSR count). The molecule has 1 heterocycles. The fourth-order valence-electron chi connectivity index (χ4n) is 2.90. The summed E-state index contributed by atoms with van der Waals surface area (Å²) in [5.41, 5.74) is 0.764. The van der Waals surface area contributed by atoms with Crippen LogP contribution in [-0.4, -0.2) is 30.5 Å². The predicted octanol–water partition coefficient (Wildman–Crippen LogP) is 2.43.